The van der Waals surface area contributed by atoms with Crippen LogP contribution in [-0.4, -0.2) is 38.8 Å². The van der Waals surface area contributed by atoms with Gasteiger partial charge in [0.1, 0.15) is 11.9 Å². The Labute approximate surface area is 148 Å². The summed E-state index contributed by atoms with van der Waals surface area (Å²) in [6, 6.07) is 13.5. The van der Waals surface area contributed by atoms with Gasteiger partial charge >= 0.3 is 0 Å². The van der Waals surface area contributed by atoms with Gasteiger partial charge in [-0.25, -0.2) is 8.42 Å². The van der Waals surface area contributed by atoms with Crippen LogP contribution in [-0.2, 0) is 16.3 Å². The van der Waals surface area contributed by atoms with E-state index in [4.69, 9.17) is 9.84 Å². The molecular formula is C19H23NO4S. The summed E-state index contributed by atoms with van der Waals surface area (Å²) in [6.07, 6.45) is 1.68. The minimum atomic E-state index is -3.55. The van der Waals surface area contributed by atoms with Crippen molar-refractivity contribution in [3.05, 3.63) is 54.1 Å². The number of aryl methyl sites for hydroxylation is 1. The molecule has 1 aliphatic rings. The van der Waals surface area contributed by atoms with Crippen molar-refractivity contribution in [2.45, 2.75) is 41.7 Å². The number of hydrogen-bond acceptors (Lipinski definition) is 5. The third-order valence-corrected chi connectivity index (χ3v) is 6.17. The lowest BCUT2D eigenvalue weighted by Crippen LogP contribution is -2.39. The van der Waals surface area contributed by atoms with Crippen LogP contribution in [0.25, 0.3) is 0 Å². The molecule has 5 nitrogen and oxygen atoms in total. The zero-order chi connectivity index (χ0) is 17.9. The molecule has 2 aromatic carbocycles. The summed E-state index contributed by atoms with van der Waals surface area (Å²) in [6.45, 7) is 2.60. The van der Waals surface area contributed by atoms with Gasteiger partial charge in [0.2, 0.25) is 9.84 Å². The SMILES string of the molecule is C[C@H](CO)NCC1CCc2ccc(S(=O)(=O)c3ccccc3)cc2O1. The largest absolute Gasteiger partial charge is 0.489 e. The molecule has 0 spiro atoms. The summed E-state index contributed by atoms with van der Waals surface area (Å²) < 4.78 is 31.5. The molecule has 0 radical (unpaired) electrons. The van der Waals surface area contributed by atoms with Crippen LogP contribution in [0, 0.1) is 0 Å². The quantitative estimate of drug-likeness (QED) is 0.825. The lowest BCUT2D eigenvalue weighted by atomic mass is 10.0. The van der Waals surface area contributed by atoms with Crippen molar-refractivity contribution in [2.24, 2.45) is 0 Å². The molecule has 3 rings (SSSR count). The molecule has 2 atom stereocenters. The number of aliphatic hydroxyl groups excluding tert-OH is 1. The van der Waals surface area contributed by atoms with Crippen molar-refractivity contribution in [3.63, 3.8) is 0 Å². The lowest BCUT2D eigenvalue weighted by Gasteiger charge is -2.27. The van der Waals surface area contributed by atoms with Crippen molar-refractivity contribution < 1.29 is 18.3 Å². The number of sulfone groups is 1. The summed E-state index contributed by atoms with van der Waals surface area (Å²) in [7, 11) is -3.55. The van der Waals surface area contributed by atoms with E-state index in [1.165, 1.54) is 0 Å². The molecule has 0 saturated heterocycles. The minimum absolute atomic E-state index is 0.00906. The Morgan fingerprint density at radius 3 is 2.68 bits per heavy atom. The normalized spacial score (nSPS) is 18.2. The van der Waals surface area contributed by atoms with E-state index in [-0.39, 0.29) is 28.5 Å². The van der Waals surface area contributed by atoms with Crippen molar-refractivity contribution in [1.29, 1.82) is 0 Å². The predicted octanol–water partition coefficient (Wildman–Crippen LogP) is 2.18. The van der Waals surface area contributed by atoms with E-state index < -0.39 is 9.84 Å². The highest BCUT2D eigenvalue weighted by Gasteiger charge is 2.24. The monoisotopic (exact) mass is 361 g/mol. The summed E-state index contributed by atoms with van der Waals surface area (Å²) in [5.41, 5.74) is 1.03. The highest BCUT2D eigenvalue weighted by Crippen LogP contribution is 2.32. The Kier molecular flexibility index (Phi) is 5.42. The first kappa shape index (κ1) is 17.9. The molecule has 1 heterocycles. The van der Waals surface area contributed by atoms with Gasteiger partial charge in [0.15, 0.2) is 0 Å². The summed E-state index contributed by atoms with van der Waals surface area (Å²) in [5, 5.41) is 12.3. The molecule has 0 saturated carbocycles. The molecule has 0 aliphatic carbocycles. The highest BCUT2D eigenvalue weighted by molar-refractivity contribution is 7.91. The molecule has 134 valence electrons. The molecule has 1 aliphatic heterocycles. The Morgan fingerprint density at radius 2 is 1.96 bits per heavy atom. The molecule has 0 bridgehead atoms. The van der Waals surface area contributed by atoms with Crippen LogP contribution in [0.5, 0.6) is 5.75 Å². The van der Waals surface area contributed by atoms with Crippen LogP contribution < -0.4 is 10.1 Å². The van der Waals surface area contributed by atoms with E-state index >= 15 is 0 Å². The fourth-order valence-corrected chi connectivity index (χ4v) is 4.15. The first-order valence-corrected chi connectivity index (χ1v) is 9.93. The summed E-state index contributed by atoms with van der Waals surface area (Å²) in [4.78, 5) is 0.524. The van der Waals surface area contributed by atoms with E-state index in [1.54, 1.807) is 42.5 Å². The average Bonchev–Trinajstić information content (AvgIpc) is 2.66. The molecule has 25 heavy (non-hydrogen) atoms. The predicted molar refractivity (Wildman–Crippen MR) is 95.6 cm³/mol. The summed E-state index contributed by atoms with van der Waals surface area (Å²) >= 11 is 0. The molecule has 0 amide bonds. The third kappa shape index (κ3) is 4.03. The Hall–Kier alpha value is -1.89. The molecule has 1 unspecified atom stereocenters. The topological polar surface area (TPSA) is 75.6 Å². The molecule has 0 aromatic heterocycles. The van der Waals surface area contributed by atoms with Crippen LogP contribution in [0.1, 0.15) is 18.9 Å². The van der Waals surface area contributed by atoms with E-state index in [1.807, 2.05) is 13.0 Å². The van der Waals surface area contributed by atoms with Gasteiger partial charge in [-0.1, -0.05) is 24.3 Å². The second kappa shape index (κ2) is 7.56. The molecule has 6 heteroatoms. The number of aliphatic hydroxyl groups is 1. The molecular weight excluding hydrogens is 338 g/mol. The zero-order valence-electron chi connectivity index (χ0n) is 14.2. The number of nitrogens with one attached hydrogen (secondary N) is 1. The van der Waals surface area contributed by atoms with Gasteiger partial charge in [-0.3, -0.25) is 0 Å². The number of ether oxygens (including phenoxy) is 1. The number of benzene rings is 2. The molecule has 0 fully saturated rings. The molecule has 2 aromatic rings. The number of rotatable bonds is 6. The fraction of sp³-hybridized carbons (Fsp3) is 0.368. The Morgan fingerprint density at radius 1 is 1.20 bits per heavy atom. The Balaban J connectivity index is 1.80. The first-order valence-electron chi connectivity index (χ1n) is 8.44. The minimum Gasteiger partial charge on any atom is -0.489 e. The Bertz CT molecular complexity index is 821. The van der Waals surface area contributed by atoms with E-state index in [0.29, 0.717) is 12.3 Å². The van der Waals surface area contributed by atoms with Gasteiger partial charge < -0.3 is 15.2 Å². The summed E-state index contributed by atoms with van der Waals surface area (Å²) in [5.74, 6) is 0.631. The third-order valence-electron chi connectivity index (χ3n) is 4.40. The van der Waals surface area contributed by atoms with Crippen LogP contribution in [0.4, 0.5) is 0 Å². The maximum Gasteiger partial charge on any atom is 0.206 e. The second-order valence-corrected chi connectivity index (χ2v) is 8.31. The van der Waals surface area contributed by atoms with E-state index in [2.05, 4.69) is 5.32 Å². The van der Waals surface area contributed by atoms with Gasteiger partial charge in [0, 0.05) is 12.6 Å². The van der Waals surface area contributed by atoms with Crippen LogP contribution in [0.15, 0.2) is 58.3 Å². The number of hydrogen-bond donors (Lipinski definition) is 2. The van der Waals surface area contributed by atoms with Gasteiger partial charge in [0.25, 0.3) is 0 Å². The average molecular weight is 361 g/mol. The van der Waals surface area contributed by atoms with Crippen LogP contribution in [0.3, 0.4) is 0 Å². The van der Waals surface area contributed by atoms with Crippen molar-refractivity contribution in [1.82, 2.24) is 5.32 Å². The van der Waals surface area contributed by atoms with E-state index in [9.17, 15) is 8.42 Å². The van der Waals surface area contributed by atoms with Crippen LogP contribution >= 0.6 is 0 Å². The second-order valence-electron chi connectivity index (χ2n) is 6.36. The highest BCUT2D eigenvalue weighted by atomic mass is 32.2. The van der Waals surface area contributed by atoms with Crippen molar-refractivity contribution >= 4 is 9.84 Å². The fourth-order valence-electron chi connectivity index (χ4n) is 2.85. The van der Waals surface area contributed by atoms with Gasteiger partial charge in [-0.2, -0.15) is 0 Å². The van der Waals surface area contributed by atoms with E-state index in [0.717, 1.165) is 18.4 Å². The maximum atomic E-state index is 12.8. The van der Waals surface area contributed by atoms with Crippen molar-refractivity contribution in [2.75, 3.05) is 13.2 Å². The number of fused-ring (bicyclic) bond motifs is 1. The maximum absolute atomic E-state index is 12.8. The smallest absolute Gasteiger partial charge is 0.206 e. The van der Waals surface area contributed by atoms with Crippen molar-refractivity contribution in [3.8, 4) is 5.75 Å². The first-order chi connectivity index (χ1) is 12.0. The van der Waals surface area contributed by atoms with Gasteiger partial charge in [-0.05, 0) is 49.6 Å². The van der Waals surface area contributed by atoms with Gasteiger partial charge in [0.05, 0.1) is 16.4 Å². The standard InChI is InChI=1S/C19H23NO4S/c1-14(13-21)20-12-16-9-7-15-8-10-18(11-19(15)24-16)25(22,23)17-5-3-2-4-6-17/h2-6,8,10-11,14,16,20-21H,7,9,12-13H2,1H3/t14-,16?/m1/s1. The van der Waals surface area contributed by atoms with Crippen LogP contribution in [0.2, 0.25) is 0 Å². The molecule has 2 N–H and O–H groups in total. The zero-order valence-corrected chi connectivity index (χ0v) is 15.0. The lowest BCUT2D eigenvalue weighted by molar-refractivity contribution is 0.158. The van der Waals surface area contributed by atoms with Gasteiger partial charge in [-0.15, -0.1) is 0 Å².